The lowest BCUT2D eigenvalue weighted by molar-refractivity contribution is -0.139. The number of carboxylic acid groups (broad SMARTS) is 1. The second kappa shape index (κ2) is 14.0. The summed E-state index contributed by atoms with van der Waals surface area (Å²) in [6, 6.07) is 11.6. The van der Waals surface area contributed by atoms with Crippen molar-refractivity contribution in [2.24, 2.45) is 0 Å². The number of aliphatic carboxylic acids is 1. The fourth-order valence-corrected chi connectivity index (χ4v) is 2.85. The maximum absolute atomic E-state index is 12.4. The minimum atomic E-state index is -1.43. The number of amides is 4. The number of carboxylic acids is 1. The topological polar surface area (TPSA) is 175 Å². The second-order valence-corrected chi connectivity index (χ2v) is 7.82. The van der Waals surface area contributed by atoms with Crippen molar-refractivity contribution in [3.63, 3.8) is 0 Å². The summed E-state index contributed by atoms with van der Waals surface area (Å²) in [5.41, 5.74) is 0.849. The third kappa shape index (κ3) is 9.79. The van der Waals surface area contributed by atoms with E-state index in [9.17, 15) is 29.4 Å². The van der Waals surface area contributed by atoms with Crippen LogP contribution in [-0.2, 0) is 16.1 Å². The fraction of sp³-hybridized carbons (Fsp3) is 0.333. The highest BCUT2D eigenvalue weighted by Crippen LogP contribution is 2.23. The molecule has 0 saturated heterocycles. The van der Waals surface area contributed by atoms with Crippen molar-refractivity contribution in [2.75, 3.05) is 19.7 Å². The van der Waals surface area contributed by atoms with Crippen LogP contribution < -0.4 is 26.0 Å². The van der Waals surface area contributed by atoms with Crippen molar-refractivity contribution in [2.45, 2.75) is 32.5 Å². The lowest BCUT2D eigenvalue weighted by Gasteiger charge is -2.17. The van der Waals surface area contributed by atoms with Gasteiger partial charge in [0.05, 0.1) is 18.2 Å². The molecule has 36 heavy (non-hydrogen) atoms. The summed E-state index contributed by atoms with van der Waals surface area (Å²) >= 11 is 0. The van der Waals surface area contributed by atoms with Crippen molar-refractivity contribution >= 4 is 24.0 Å². The van der Waals surface area contributed by atoms with Crippen LogP contribution in [0.5, 0.6) is 11.5 Å². The van der Waals surface area contributed by atoms with E-state index in [2.05, 4.69) is 21.3 Å². The Morgan fingerprint density at radius 3 is 2.33 bits per heavy atom. The van der Waals surface area contributed by atoms with Gasteiger partial charge in [0.15, 0.2) is 0 Å². The molecule has 2 rings (SSSR count). The first-order valence-corrected chi connectivity index (χ1v) is 11.1. The lowest BCUT2D eigenvalue weighted by Crippen LogP contribution is -2.48. The number of carbonyl (C=O) groups is 4. The van der Waals surface area contributed by atoms with E-state index in [4.69, 9.17) is 9.47 Å². The van der Waals surface area contributed by atoms with Gasteiger partial charge in [0.1, 0.15) is 24.1 Å². The monoisotopic (exact) mass is 502 g/mol. The van der Waals surface area contributed by atoms with E-state index in [0.29, 0.717) is 6.54 Å². The number of nitrogens with one attached hydrogen (secondary N) is 4. The molecule has 0 saturated carbocycles. The van der Waals surface area contributed by atoms with E-state index in [-0.39, 0.29) is 30.5 Å². The Balaban J connectivity index is 1.76. The van der Waals surface area contributed by atoms with E-state index in [1.807, 2.05) is 30.3 Å². The number of benzene rings is 2. The molecule has 12 nitrogen and oxygen atoms in total. The molecule has 0 radical (unpaired) electrons. The first kappa shape index (κ1) is 27.8. The van der Waals surface area contributed by atoms with Crippen molar-refractivity contribution in [1.29, 1.82) is 0 Å². The summed E-state index contributed by atoms with van der Waals surface area (Å²) in [6.07, 6.45) is -1.38. The number of aromatic hydroxyl groups is 1. The Hall–Kier alpha value is -4.48. The number of ether oxygens (including phenoxy) is 2. The zero-order valence-electron chi connectivity index (χ0n) is 19.9. The average Bonchev–Trinajstić information content (AvgIpc) is 2.83. The minimum absolute atomic E-state index is 0.113. The van der Waals surface area contributed by atoms with Gasteiger partial charge in [0.25, 0.3) is 5.91 Å². The van der Waals surface area contributed by atoms with Gasteiger partial charge in [0, 0.05) is 19.2 Å². The second-order valence-electron chi connectivity index (χ2n) is 7.82. The summed E-state index contributed by atoms with van der Waals surface area (Å²) in [4.78, 5) is 47.1. The molecule has 2 aromatic rings. The molecule has 0 aromatic heterocycles. The maximum atomic E-state index is 12.4. The molecule has 0 aliphatic carbocycles. The van der Waals surface area contributed by atoms with Gasteiger partial charge in [-0.05, 0) is 31.5 Å². The van der Waals surface area contributed by atoms with E-state index >= 15 is 0 Å². The van der Waals surface area contributed by atoms with Crippen LogP contribution >= 0.6 is 0 Å². The molecule has 4 amide bonds. The zero-order valence-corrected chi connectivity index (χ0v) is 19.9. The average molecular weight is 503 g/mol. The molecule has 0 bridgehead atoms. The molecule has 0 heterocycles. The lowest BCUT2D eigenvalue weighted by atomic mass is 10.1. The van der Waals surface area contributed by atoms with Crippen molar-refractivity contribution in [3.8, 4) is 11.5 Å². The highest BCUT2D eigenvalue weighted by atomic mass is 16.6. The third-order valence-electron chi connectivity index (χ3n) is 4.57. The van der Waals surface area contributed by atoms with Crippen LogP contribution in [0.4, 0.5) is 9.59 Å². The predicted octanol–water partition coefficient (Wildman–Crippen LogP) is 1.59. The van der Waals surface area contributed by atoms with Crippen molar-refractivity contribution in [3.05, 3.63) is 59.7 Å². The number of hydrogen-bond acceptors (Lipinski definition) is 7. The van der Waals surface area contributed by atoms with Crippen LogP contribution in [0.3, 0.4) is 0 Å². The molecule has 0 spiro atoms. The largest absolute Gasteiger partial charge is 0.507 e. The zero-order chi connectivity index (χ0) is 26.5. The number of urea groups is 1. The first-order valence-electron chi connectivity index (χ1n) is 11.1. The van der Waals surface area contributed by atoms with Gasteiger partial charge in [-0.15, -0.1) is 0 Å². The Morgan fingerprint density at radius 2 is 1.69 bits per heavy atom. The van der Waals surface area contributed by atoms with Gasteiger partial charge in [-0.1, -0.05) is 30.3 Å². The molecular formula is C24H30N4O8. The summed E-state index contributed by atoms with van der Waals surface area (Å²) in [6.45, 7) is 3.48. The van der Waals surface area contributed by atoms with Gasteiger partial charge >= 0.3 is 18.1 Å². The molecule has 0 aliphatic heterocycles. The van der Waals surface area contributed by atoms with E-state index in [0.717, 1.165) is 5.56 Å². The Bertz CT molecular complexity index is 1050. The normalized spacial score (nSPS) is 11.2. The highest BCUT2D eigenvalue weighted by Gasteiger charge is 2.23. The van der Waals surface area contributed by atoms with Gasteiger partial charge in [-0.3, -0.25) is 4.79 Å². The number of phenolic OH excluding ortho intramolecular Hbond substituents is 1. The van der Waals surface area contributed by atoms with Gasteiger partial charge in [-0.25, -0.2) is 14.4 Å². The summed E-state index contributed by atoms with van der Waals surface area (Å²) < 4.78 is 10.3. The van der Waals surface area contributed by atoms with E-state index < -0.39 is 42.4 Å². The number of phenols is 1. The Labute approximate surface area is 208 Å². The number of hydrogen-bond donors (Lipinski definition) is 6. The maximum Gasteiger partial charge on any atom is 0.408 e. The van der Waals surface area contributed by atoms with Gasteiger partial charge in [-0.2, -0.15) is 0 Å². The first-order chi connectivity index (χ1) is 17.2. The molecule has 0 aliphatic rings. The molecule has 2 aromatic carbocycles. The Morgan fingerprint density at radius 1 is 0.972 bits per heavy atom. The summed E-state index contributed by atoms with van der Waals surface area (Å²) in [7, 11) is 0. The van der Waals surface area contributed by atoms with Crippen LogP contribution in [0, 0.1) is 0 Å². The predicted molar refractivity (Wildman–Crippen MR) is 129 cm³/mol. The third-order valence-corrected chi connectivity index (χ3v) is 4.57. The van der Waals surface area contributed by atoms with Crippen LogP contribution in [0.15, 0.2) is 48.5 Å². The SMILES string of the molecule is CC(C)OC(=O)N[C@@H](CNC(=O)c1ccc(OCCNC(=O)NCc2ccccc2)cc1O)C(=O)O. The van der Waals surface area contributed by atoms with E-state index in [1.54, 1.807) is 13.8 Å². The smallest absolute Gasteiger partial charge is 0.408 e. The molecule has 6 N–H and O–H groups in total. The van der Waals surface area contributed by atoms with Crippen LogP contribution in [0.25, 0.3) is 0 Å². The molecular weight excluding hydrogens is 472 g/mol. The fourth-order valence-electron chi connectivity index (χ4n) is 2.85. The molecule has 1 atom stereocenters. The van der Waals surface area contributed by atoms with Crippen LogP contribution in [-0.4, -0.2) is 66.1 Å². The highest BCUT2D eigenvalue weighted by molar-refractivity contribution is 5.97. The number of alkyl carbamates (subject to hydrolysis) is 1. The Kier molecular flexibility index (Phi) is 10.8. The summed E-state index contributed by atoms with van der Waals surface area (Å²) in [5.74, 6) is -2.25. The molecule has 194 valence electrons. The van der Waals surface area contributed by atoms with Gasteiger partial charge < -0.3 is 41.0 Å². The number of rotatable bonds is 12. The standard InChI is InChI=1S/C24H30N4O8/c1-15(2)36-24(34)28-19(22(31)32)14-26-21(30)18-9-8-17(12-20(18)29)35-11-10-25-23(33)27-13-16-6-4-3-5-7-16/h3-9,12,15,19,29H,10-11,13-14H2,1-2H3,(H,26,30)(H,28,34)(H,31,32)(H2,25,27,33)/t19-/m0/s1. The quantitative estimate of drug-likeness (QED) is 0.237. The van der Waals surface area contributed by atoms with Gasteiger partial charge in [0.2, 0.25) is 0 Å². The molecule has 12 heteroatoms. The van der Waals surface area contributed by atoms with Crippen molar-refractivity contribution < 1.29 is 38.9 Å². The van der Waals surface area contributed by atoms with E-state index in [1.165, 1.54) is 18.2 Å². The van der Waals surface area contributed by atoms with Crippen LogP contribution in [0.1, 0.15) is 29.8 Å². The minimum Gasteiger partial charge on any atom is -0.507 e. The molecule has 0 unspecified atom stereocenters. The number of carbonyl (C=O) groups excluding carboxylic acids is 3. The van der Waals surface area contributed by atoms with Crippen LogP contribution in [0.2, 0.25) is 0 Å². The van der Waals surface area contributed by atoms with Crippen molar-refractivity contribution in [1.82, 2.24) is 21.3 Å². The summed E-state index contributed by atoms with van der Waals surface area (Å²) in [5, 5.41) is 29.2. The molecule has 0 fully saturated rings.